The molecule has 0 spiro atoms. The Kier molecular flexibility index (Phi) is 3.13. The summed E-state index contributed by atoms with van der Waals surface area (Å²) in [5.74, 6) is 0. The van der Waals surface area contributed by atoms with Crippen LogP contribution in [0.2, 0.25) is 0 Å². The average Bonchev–Trinajstić information content (AvgIpc) is 2.26. The van der Waals surface area contributed by atoms with Gasteiger partial charge in [-0.3, -0.25) is 4.98 Å². The van der Waals surface area contributed by atoms with Crippen molar-refractivity contribution < 1.29 is 0 Å². The number of fused-ring (bicyclic) bond motifs is 1. The molecule has 0 radical (unpaired) electrons. The van der Waals surface area contributed by atoms with Gasteiger partial charge in [0.1, 0.15) is 0 Å². The highest BCUT2D eigenvalue weighted by Crippen LogP contribution is 2.29. The Morgan fingerprint density at radius 3 is 1.93 bits per heavy atom. The molecule has 0 saturated heterocycles. The first-order valence-corrected chi connectivity index (χ1v) is 5.40. The molecule has 0 atom stereocenters. The van der Waals surface area contributed by atoms with Gasteiger partial charge in [0, 0.05) is 11.9 Å². The molecular weight excluding hydrogens is 182 g/mol. The minimum Gasteiger partial charge on any atom is -0.261 e. The minimum absolute atomic E-state index is 1.10. The standard InChI is InChI=1S/C8H11N.C6H4/c1-2-5-8-6-3-4-7-9-8;1-2-6-4-3-5(1)6/h3-4,6-7H,2,5H2,1H3;1-4H. The maximum atomic E-state index is 4.17. The fourth-order valence-corrected chi connectivity index (χ4v) is 1.46. The van der Waals surface area contributed by atoms with Crippen LogP contribution < -0.4 is 0 Å². The predicted octanol–water partition coefficient (Wildman–Crippen LogP) is 3.70. The molecular formula is C14H15N. The summed E-state index contributed by atoms with van der Waals surface area (Å²) in [4.78, 5) is 4.17. The summed E-state index contributed by atoms with van der Waals surface area (Å²) < 4.78 is 0. The molecule has 76 valence electrons. The van der Waals surface area contributed by atoms with Crippen LogP contribution in [0.4, 0.5) is 0 Å². The lowest BCUT2D eigenvalue weighted by Crippen LogP contribution is -1.85. The quantitative estimate of drug-likeness (QED) is 0.610. The van der Waals surface area contributed by atoms with E-state index in [1.165, 1.54) is 23.2 Å². The van der Waals surface area contributed by atoms with E-state index in [2.05, 4.69) is 42.2 Å². The van der Waals surface area contributed by atoms with Gasteiger partial charge in [0.25, 0.3) is 0 Å². The topological polar surface area (TPSA) is 12.9 Å². The van der Waals surface area contributed by atoms with Crippen LogP contribution in [0.1, 0.15) is 19.0 Å². The van der Waals surface area contributed by atoms with Crippen molar-refractivity contribution in [2.24, 2.45) is 0 Å². The highest BCUT2D eigenvalue weighted by molar-refractivity contribution is 5.75. The van der Waals surface area contributed by atoms with Crippen molar-refractivity contribution in [3.63, 3.8) is 0 Å². The predicted molar refractivity (Wildman–Crippen MR) is 63.7 cm³/mol. The highest BCUT2D eigenvalue weighted by atomic mass is 14.7. The van der Waals surface area contributed by atoms with Gasteiger partial charge in [0.15, 0.2) is 0 Å². The van der Waals surface area contributed by atoms with Crippen molar-refractivity contribution in [1.82, 2.24) is 4.98 Å². The summed E-state index contributed by atoms with van der Waals surface area (Å²) in [6, 6.07) is 14.5. The Labute approximate surface area is 90.8 Å². The zero-order valence-corrected chi connectivity index (χ0v) is 8.98. The number of hydrogen-bond acceptors (Lipinski definition) is 1. The van der Waals surface area contributed by atoms with Crippen molar-refractivity contribution in [3.8, 4) is 11.1 Å². The lowest BCUT2D eigenvalue weighted by Gasteiger charge is -2.10. The largest absolute Gasteiger partial charge is 0.261 e. The molecule has 1 heteroatoms. The first-order chi connectivity index (χ1) is 7.40. The molecule has 15 heavy (non-hydrogen) atoms. The second kappa shape index (κ2) is 4.74. The number of rotatable bonds is 2. The van der Waals surface area contributed by atoms with E-state index >= 15 is 0 Å². The first kappa shape index (κ1) is 9.91. The van der Waals surface area contributed by atoms with E-state index in [9.17, 15) is 0 Å². The molecule has 0 aromatic carbocycles. The smallest absolute Gasteiger partial charge is 0.0403 e. The normalized spacial score (nSPS) is 10.2. The molecule has 1 aromatic heterocycles. The van der Waals surface area contributed by atoms with Crippen LogP contribution in [-0.2, 0) is 6.42 Å². The zero-order chi connectivity index (χ0) is 10.5. The van der Waals surface area contributed by atoms with E-state index in [1.54, 1.807) is 0 Å². The molecule has 1 heterocycles. The lowest BCUT2D eigenvalue weighted by atomic mass is 9.95. The fraction of sp³-hybridized carbons (Fsp3) is 0.214. The molecule has 0 bridgehead atoms. The molecule has 0 amide bonds. The molecule has 1 nitrogen and oxygen atoms in total. The van der Waals surface area contributed by atoms with Crippen molar-refractivity contribution in [1.29, 1.82) is 0 Å². The van der Waals surface area contributed by atoms with Crippen LogP contribution in [0.15, 0.2) is 48.7 Å². The Morgan fingerprint density at radius 2 is 1.60 bits per heavy atom. The second-order valence-corrected chi connectivity index (χ2v) is 3.65. The van der Waals surface area contributed by atoms with Gasteiger partial charge in [-0.1, -0.05) is 43.7 Å². The van der Waals surface area contributed by atoms with Gasteiger partial charge in [-0.25, -0.2) is 0 Å². The van der Waals surface area contributed by atoms with Crippen LogP contribution in [0.5, 0.6) is 0 Å². The van der Waals surface area contributed by atoms with Gasteiger partial charge < -0.3 is 0 Å². The molecule has 3 rings (SSSR count). The van der Waals surface area contributed by atoms with E-state index in [0.717, 1.165) is 6.42 Å². The molecule has 0 unspecified atom stereocenters. The maximum Gasteiger partial charge on any atom is 0.0403 e. The van der Waals surface area contributed by atoms with Crippen molar-refractivity contribution in [3.05, 3.63) is 54.4 Å². The van der Waals surface area contributed by atoms with Crippen LogP contribution in [0.25, 0.3) is 11.1 Å². The second-order valence-electron chi connectivity index (χ2n) is 3.65. The molecule has 0 aliphatic heterocycles. The molecule has 2 aliphatic rings. The fourth-order valence-electron chi connectivity index (χ4n) is 1.46. The number of hydrogen-bond donors (Lipinski definition) is 0. The monoisotopic (exact) mass is 197 g/mol. The van der Waals surface area contributed by atoms with E-state index < -0.39 is 0 Å². The summed E-state index contributed by atoms with van der Waals surface area (Å²) in [7, 11) is 0. The molecule has 0 saturated carbocycles. The van der Waals surface area contributed by atoms with E-state index in [0.29, 0.717) is 0 Å². The molecule has 1 aromatic rings. The Bertz CT molecular complexity index is 382. The number of nitrogens with zero attached hydrogens (tertiary/aromatic N) is 1. The summed E-state index contributed by atoms with van der Waals surface area (Å²) in [5, 5.41) is 0. The van der Waals surface area contributed by atoms with E-state index in [4.69, 9.17) is 0 Å². The molecule has 0 fully saturated rings. The third-order valence-electron chi connectivity index (χ3n) is 2.45. The molecule has 2 aliphatic carbocycles. The number of aromatic nitrogens is 1. The van der Waals surface area contributed by atoms with Crippen LogP contribution >= 0.6 is 0 Å². The summed E-state index contributed by atoms with van der Waals surface area (Å²) in [5.41, 5.74) is 4.05. The Balaban J connectivity index is 0.000000121. The van der Waals surface area contributed by atoms with Crippen molar-refractivity contribution in [2.45, 2.75) is 19.8 Å². The first-order valence-electron chi connectivity index (χ1n) is 5.40. The van der Waals surface area contributed by atoms with Gasteiger partial charge >= 0.3 is 0 Å². The molecule has 0 N–H and O–H groups in total. The van der Waals surface area contributed by atoms with Crippen molar-refractivity contribution in [2.75, 3.05) is 0 Å². The van der Waals surface area contributed by atoms with Gasteiger partial charge in [-0.15, -0.1) is 0 Å². The average molecular weight is 197 g/mol. The third-order valence-corrected chi connectivity index (χ3v) is 2.45. The van der Waals surface area contributed by atoms with E-state index in [1.807, 2.05) is 18.3 Å². The highest BCUT2D eigenvalue weighted by Gasteiger charge is 2.03. The van der Waals surface area contributed by atoms with Gasteiger partial charge in [-0.05, 0) is 29.7 Å². The number of pyridine rings is 1. The zero-order valence-electron chi connectivity index (χ0n) is 8.98. The summed E-state index contributed by atoms with van der Waals surface area (Å²) in [6.45, 7) is 2.16. The van der Waals surface area contributed by atoms with Crippen LogP contribution in [0.3, 0.4) is 0 Å². The van der Waals surface area contributed by atoms with Crippen LogP contribution in [-0.4, -0.2) is 4.98 Å². The number of aryl methyl sites for hydroxylation is 1. The van der Waals surface area contributed by atoms with Gasteiger partial charge in [0.2, 0.25) is 0 Å². The van der Waals surface area contributed by atoms with Crippen molar-refractivity contribution >= 4 is 0 Å². The SMILES string of the molecule is CCCc1ccccn1.c1cc2ccc1-2. The van der Waals surface area contributed by atoms with E-state index in [-0.39, 0.29) is 0 Å². The summed E-state index contributed by atoms with van der Waals surface area (Å²) in [6.07, 6.45) is 4.11. The maximum absolute atomic E-state index is 4.17. The third kappa shape index (κ3) is 2.44. The Hall–Kier alpha value is -1.63. The summed E-state index contributed by atoms with van der Waals surface area (Å²) >= 11 is 0. The van der Waals surface area contributed by atoms with Gasteiger partial charge in [-0.2, -0.15) is 0 Å². The van der Waals surface area contributed by atoms with Gasteiger partial charge in [0.05, 0.1) is 0 Å². The van der Waals surface area contributed by atoms with Crippen LogP contribution in [0, 0.1) is 0 Å². The lowest BCUT2D eigenvalue weighted by molar-refractivity contribution is 0.883. The Morgan fingerprint density at radius 1 is 0.933 bits per heavy atom. The minimum atomic E-state index is 1.10. The number of benzene rings is 1.